The fourth-order valence-corrected chi connectivity index (χ4v) is 3.17. The molecule has 1 atom stereocenters. The SMILES string of the molecule is O=C1CN(c2cc([C@H]3CCOC3)nc(N3CC(O)C3)n2)CCN1. The van der Waals surface area contributed by atoms with E-state index in [0.717, 1.165) is 31.1 Å². The van der Waals surface area contributed by atoms with Crippen LogP contribution in [-0.4, -0.2) is 73.0 Å². The summed E-state index contributed by atoms with van der Waals surface area (Å²) in [5.41, 5.74) is 0.967. The van der Waals surface area contributed by atoms with Crippen molar-refractivity contribution in [2.45, 2.75) is 18.4 Å². The lowest BCUT2D eigenvalue weighted by molar-refractivity contribution is -0.120. The second kappa shape index (κ2) is 5.93. The number of rotatable bonds is 3. The van der Waals surface area contributed by atoms with Gasteiger partial charge in [0.25, 0.3) is 0 Å². The van der Waals surface area contributed by atoms with Crippen molar-refractivity contribution in [3.05, 3.63) is 11.8 Å². The number of carbonyl (C=O) groups excluding carboxylic acids is 1. The molecule has 23 heavy (non-hydrogen) atoms. The molecule has 3 fully saturated rings. The molecule has 2 N–H and O–H groups in total. The van der Waals surface area contributed by atoms with Crippen LogP contribution in [0, 0.1) is 0 Å². The van der Waals surface area contributed by atoms with Crippen LogP contribution in [0.5, 0.6) is 0 Å². The molecule has 8 heteroatoms. The van der Waals surface area contributed by atoms with Gasteiger partial charge >= 0.3 is 0 Å². The van der Waals surface area contributed by atoms with E-state index >= 15 is 0 Å². The van der Waals surface area contributed by atoms with Crippen molar-refractivity contribution in [3.63, 3.8) is 0 Å². The average molecular weight is 319 g/mol. The van der Waals surface area contributed by atoms with Crippen molar-refractivity contribution in [2.24, 2.45) is 0 Å². The zero-order valence-electron chi connectivity index (χ0n) is 12.9. The summed E-state index contributed by atoms with van der Waals surface area (Å²) in [6, 6.07) is 1.98. The summed E-state index contributed by atoms with van der Waals surface area (Å²) in [4.78, 5) is 24.9. The van der Waals surface area contributed by atoms with E-state index in [9.17, 15) is 9.90 Å². The minimum Gasteiger partial charge on any atom is -0.389 e. The summed E-state index contributed by atoms with van der Waals surface area (Å²) >= 11 is 0. The first-order valence-corrected chi connectivity index (χ1v) is 8.10. The van der Waals surface area contributed by atoms with Gasteiger partial charge in [0.2, 0.25) is 11.9 Å². The Morgan fingerprint density at radius 3 is 2.87 bits per heavy atom. The Balaban J connectivity index is 1.64. The first-order chi connectivity index (χ1) is 11.2. The molecule has 0 saturated carbocycles. The summed E-state index contributed by atoms with van der Waals surface area (Å²) < 4.78 is 5.48. The highest BCUT2D eigenvalue weighted by atomic mass is 16.5. The molecule has 3 aliphatic rings. The summed E-state index contributed by atoms with van der Waals surface area (Å²) in [6.45, 7) is 4.25. The second-order valence-corrected chi connectivity index (χ2v) is 6.34. The molecule has 0 unspecified atom stereocenters. The fourth-order valence-electron chi connectivity index (χ4n) is 3.17. The molecule has 4 rings (SSSR count). The number of amides is 1. The molecule has 0 aromatic carbocycles. The fraction of sp³-hybridized carbons (Fsp3) is 0.667. The van der Waals surface area contributed by atoms with Crippen LogP contribution in [0.1, 0.15) is 18.0 Å². The lowest BCUT2D eigenvalue weighted by atomic mass is 10.0. The van der Waals surface area contributed by atoms with Crippen molar-refractivity contribution < 1.29 is 14.6 Å². The zero-order chi connectivity index (χ0) is 15.8. The van der Waals surface area contributed by atoms with Gasteiger partial charge in [-0.2, -0.15) is 4.98 Å². The highest BCUT2D eigenvalue weighted by Gasteiger charge is 2.30. The number of nitrogens with one attached hydrogen (secondary N) is 1. The molecule has 8 nitrogen and oxygen atoms in total. The molecular weight excluding hydrogens is 298 g/mol. The first kappa shape index (κ1) is 14.6. The van der Waals surface area contributed by atoms with E-state index in [2.05, 4.69) is 15.3 Å². The minimum atomic E-state index is -0.304. The van der Waals surface area contributed by atoms with Gasteiger partial charge in [-0.05, 0) is 6.42 Å². The topological polar surface area (TPSA) is 90.8 Å². The maximum Gasteiger partial charge on any atom is 0.239 e. The van der Waals surface area contributed by atoms with E-state index < -0.39 is 0 Å². The molecular formula is C15H21N5O3. The van der Waals surface area contributed by atoms with Gasteiger partial charge in [0.05, 0.1) is 24.9 Å². The van der Waals surface area contributed by atoms with Gasteiger partial charge < -0.3 is 25.0 Å². The highest BCUT2D eigenvalue weighted by Crippen LogP contribution is 2.29. The van der Waals surface area contributed by atoms with E-state index in [0.29, 0.717) is 38.7 Å². The lowest BCUT2D eigenvalue weighted by Gasteiger charge is -2.37. The first-order valence-electron chi connectivity index (χ1n) is 8.10. The number of hydrogen-bond acceptors (Lipinski definition) is 7. The Bertz CT molecular complexity index is 599. The van der Waals surface area contributed by atoms with E-state index in [1.807, 2.05) is 15.9 Å². The number of piperazine rings is 1. The second-order valence-electron chi connectivity index (χ2n) is 6.34. The van der Waals surface area contributed by atoms with Crippen molar-refractivity contribution in [2.75, 3.05) is 55.7 Å². The Hall–Kier alpha value is -1.93. The van der Waals surface area contributed by atoms with Crippen LogP contribution in [0.2, 0.25) is 0 Å². The standard InChI is InChI=1S/C15H21N5O3/c21-11-6-20(7-11)15-17-12(10-1-4-23-9-10)5-13(18-15)19-3-2-16-14(22)8-19/h5,10-11,21H,1-4,6-9H2,(H,16,22)/t10-/m0/s1. The molecule has 1 aromatic heterocycles. The predicted molar refractivity (Wildman–Crippen MR) is 83.7 cm³/mol. The van der Waals surface area contributed by atoms with E-state index in [1.165, 1.54) is 0 Å². The number of aliphatic hydroxyl groups excluding tert-OH is 1. The lowest BCUT2D eigenvalue weighted by Crippen LogP contribution is -2.52. The Labute approximate surface area is 134 Å². The molecule has 0 radical (unpaired) electrons. The van der Waals surface area contributed by atoms with Crippen LogP contribution in [0.15, 0.2) is 6.07 Å². The Morgan fingerprint density at radius 2 is 2.17 bits per heavy atom. The van der Waals surface area contributed by atoms with Crippen molar-refractivity contribution in [3.8, 4) is 0 Å². The number of aliphatic hydroxyl groups is 1. The number of carbonyl (C=O) groups is 1. The van der Waals surface area contributed by atoms with Gasteiger partial charge in [0, 0.05) is 44.8 Å². The summed E-state index contributed by atoms with van der Waals surface area (Å²) in [7, 11) is 0. The quantitative estimate of drug-likeness (QED) is 0.746. The summed E-state index contributed by atoms with van der Waals surface area (Å²) in [5.74, 6) is 1.72. The number of aromatic nitrogens is 2. The van der Waals surface area contributed by atoms with Crippen LogP contribution in [0.25, 0.3) is 0 Å². The van der Waals surface area contributed by atoms with E-state index in [4.69, 9.17) is 4.74 Å². The molecule has 3 saturated heterocycles. The Morgan fingerprint density at radius 1 is 1.30 bits per heavy atom. The van der Waals surface area contributed by atoms with Gasteiger partial charge in [0.15, 0.2) is 0 Å². The van der Waals surface area contributed by atoms with Crippen LogP contribution in [0.4, 0.5) is 11.8 Å². The molecule has 124 valence electrons. The monoisotopic (exact) mass is 319 g/mol. The molecule has 0 spiro atoms. The van der Waals surface area contributed by atoms with Gasteiger partial charge in [-0.3, -0.25) is 4.79 Å². The normalized spacial score (nSPS) is 25.4. The van der Waals surface area contributed by atoms with Crippen LogP contribution in [-0.2, 0) is 9.53 Å². The van der Waals surface area contributed by atoms with Crippen molar-refractivity contribution in [1.29, 1.82) is 0 Å². The van der Waals surface area contributed by atoms with Crippen LogP contribution >= 0.6 is 0 Å². The number of hydrogen-bond donors (Lipinski definition) is 2. The smallest absolute Gasteiger partial charge is 0.239 e. The number of β-amino-alcohol motifs (C(OH)–C–C–N with tert-alkyl or cyclic N) is 1. The van der Waals surface area contributed by atoms with Gasteiger partial charge in [0.1, 0.15) is 5.82 Å². The molecule has 1 amide bonds. The van der Waals surface area contributed by atoms with Gasteiger partial charge in [-0.25, -0.2) is 4.98 Å². The third-order valence-corrected chi connectivity index (χ3v) is 4.58. The van der Waals surface area contributed by atoms with Gasteiger partial charge in [-0.1, -0.05) is 0 Å². The van der Waals surface area contributed by atoms with Crippen LogP contribution in [0.3, 0.4) is 0 Å². The van der Waals surface area contributed by atoms with Gasteiger partial charge in [-0.15, -0.1) is 0 Å². The maximum atomic E-state index is 11.7. The molecule has 3 aliphatic heterocycles. The van der Waals surface area contributed by atoms with Crippen molar-refractivity contribution >= 4 is 17.7 Å². The molecule has 4 heterocycles. The minimum absolute atomic E-state index is 0.0153. The van der Waals surface area contributed by atoms with E-state index in [1.54, 1.807) is 0 Å². The molecule has 1 aromatic rings. The molecule has 0 bridgehead atoms. The third kappa shape index (κ3) is 2.96. The summed E-state index contributed by atoms with van der Waals surface area (Å²) in [5, 5.41) is 12.4. The predicted octanol–water partition coefficient (Wildman–Crippen LogP) is -0.902. The Kier molecular flexibility index (Phi) is 3.78. The molecule has 0 aliphatic carbocycles. The number of anilines is 2. The maximum absolute atomic E-state index is 11.7. The van der Waals surface area contributed by atoms with Crippen LogP contribution < -0.4 is 15.1 Å². The number of ether oxygens (including phenoxy) is 1. The highest BCUT2D eigenvalue weighted by molar-refractivity contribution is 5.82. The van der Waals surface area contributed by atoms with E-state index in [-0.39, 0.29) is 17.9 Å². The number of nitrogens with zero attached hydrogens (tertiary/aromatic N) is 4. The zero-order valence-corrected chi connectivity index (χ0v) is 12.9. The summed E-state index contributed by atoms with van der Waals surface area (Å²) in [6.07, 6.45) is 0.653. The third-order valence-electron chi connectivity index (χ3n) is 4.58. The van der Waals surface area contributed by atoms with Crippen molar-refractivity contribution in [1.82, 2.24) is 15.3 Å². The largest absolute Gasteiger partial charge is 0.389 e. The average Bonchev–Trinajstić information content (AvgIpc) is 3.06.